The Morgan fingerprint density at radius 3 is 1.76 bits per heavy atom. The third kappa shape index (κ3) is 4.52. The molecule has 0 fully saturated rings. The molecule has 0 aliphatic carbocycles. The lowest BCUT2D eigenvalue weighted by atomic mass is 9.93. The summed E-state index contributed by atoms with van der Waals surface area (Å²) in [6.45, 7) is 0. The Morgan fingerprint density at radius 2 is 1.00 bits per heavy atom. The van der Waals surface area contributed by atoms with Crippen molar-refractivity contribution in [3.63, 3.8) is 0 Å². The first-order chi connectivity index (χ1) is 22.8. The molecule has 0 aliphatic rings. The quantitative estimate of drug-likeness (QED) is 0.182. The molecule has 2 nitrogen and oxygen atoms in total. The third-order valence-corrected chi connectivity index (χ3v) is 10.0. The van der Waals surface area contributed by atoms with Crippen LogP contribution in [0.15, 0.2) is 170 Å². The Kier molecular flexibility index (Phi) is 6.36. The highest BCUT2D eigenvalue weighted by molar-refractivity contribution is 7.25. The van der Waals surface area contributed by atoms with Gasteiger partial charge in [0.05, 0.1) is 11.9 Å². The highest BCUT2D eigenvalue weighted by Crippen LogP contribution is 2.41. The van der Waals surface area contributed by atoms with E-state index in [0.717, 1.165) is 21.9 Å². The number of thiophene rings is 1. The summed E-state index contributed by atoms with van der Waals surface area (Å²) in [7, 11) is 0. The van der Waals surface area contributed by atoms with Gasteiger partial charge in [0.2, 0.25) is 0 Å². The Bertz CT molecular complexity index is 2510. The average molecular weight is 605 g/mol. The van der Waals surface area contributed by atoms with Crippen LogP contribution >= 0.6 is 11.3 Å². The van der Waals surface area contributed by atoms with Crippen LogP contribution in [0, 0.1) is 0 Å². The molecule has 0 radical (unpaired) electrons. The Balaban J connectivity index is 1.18. The monoisotopic (exact) mass is 604 g/mol. The number of aromatic nitrogens is 1. The third-order valence-electron chi connectivity index (χ3n) is 8.92. The molecule has 0 atom stereocenters. The molecule has 0 unspecified atom stereocenters. The second-order valence-corrected chi connectivity index (χ2v) is 12.7. The van der Waals surface area contributed by atoms with Gasteiger partial charge in [-0.05, 0) is 86.3 Å². The Hall–Kier alpha value is -5.77. The highest BCUT2D eigenvalue weighted by Gasteiger charge is 2.17. The molecule has 2 aromatic heterocycles. The van der Waals surface area contributed by atoms with E-state index < -0.39 is 0 Å². The number of fused-ring (bicyclic) bond motifs is 6. The van der Waals surface area contributed by atoms with E-state index >= 15 is 0 Å². The minimum Gasteiger partial charge on any atom is -0.309 e. The van der Waals surface area contributed by atoms with Crippen molar-refractivity contribution in [3.8, 4) is 22.3 Å². The fraction of sp³-hybridized carbons (Fsp3) is 0. The maximum Gasteiger partial charge on any atom is 0.124 e. The molecule has 216 valence electrons. The molecular formula is C43H28N2S. The minimum atomic E-state index is 1.03. The van der Waals surface area contributed by atoms with Crippen molar-refractivity contribution < 1.29 is 0 Å². The molecular weight excluding hydrogens is 577 g/mol. The van der Waals surface area contributed by atoms with Gasteiger partial charge in [-0.1, -0.05) is 121 Å². The fourth-order valence-electron chi connectivity index (χ4n) is 6.68. The Morgan fingerprint density at radius 1 is 0.413 bits per heavy atom. The van der Waals surface area contributed by atoms with Crippen molar-refractivity contribution in [2.24, 2.45) is 0 Å². The predicted octanol–water partition coefficient (Wildman–Crippen LogP) is 12.6. The van der Waals surface area contributed by atoms with E-state index in [9.17, 15) is 0 Å². The first-order valence-electron chi connectivity index (χ1n) is 15.5. The molecule has 9 rings (SSSR count). The number of nitrogens with zero attached hydrogens (tertiary/aromatic N) is 2. The molecule has 9 aromatic rings. The summed E-state index contributed by atoms with van der Waals surface area (Å²) in [6, 6.07) is 58.9. The number of hydrogen-bond donors (Lipinski definition) is 0. The van der Waals surface area contributed by atoms with Crippen LogP contribution in [0.3, 0.4) is 0 Å². The topological polar surface area (TPSA) is 16.1 Å². The van der Waals surface area contributed by atoms with E-state index in [2.05, 4.69) is 169 Å². The summed E-state index contributed by atoms with van der Waals surface area (Å²) in [5.74, 6) is 0. The van der Waals surface area contributed by atoms with Crippen LogP contribution in [-0.4, -0.2) is 4.98 Å². The first kappa shape index (κ1) is 26.6. The van der Waals surface area contributed by atoms with Gasteiger partial charge in [-0.15, -0.1) is 11.3 Å². The molecule has 0 bridgehead atoms. The molecule has 0 aliphatic heterocycles. The second-order valence-electron chi connectivity index (χ2n) is 11.6. The van der Waals surface area contributed by atoms with Crippen LogP contribution in [0.4, 0.5) is 17.1 Å². The summed E-state index contributed by atoms with van der Waals surface area (Å²) in [6.07, 6.45) is 2.01. The van der Waals surface area contributed by atoms with Gasteiger partial charge in [0, 0.05) is 26.8 Å². The summed E-state index contributed by atoms with van der Waals surface area (Å²) < 4.78 is 1.26. The molecule has 2 heterocycles. The number of pyridine rings is 1. The van der Waals surface area contributed by atoms with E-state index in [-0.39, 0.29) is 0 Å². The summed E-state index contributed by atoms with van der Waals surface area (Å²) >= 11 is 1.74. The van der Waals surface area contributed by atoms with Crippen LogP contribution in [0.25, 0.3) is 64.1 Å². The zero-order valence-electron chi connectivity index (χ0n) is 25.0. The molecule has 0 saturated carbocycles. The second kappa shape index (κ2) is 11.0. The minimum absolute atomic E-state index is 1.03. The number of anilines is 3. The normalized spacial score (nSPS) is 11.5. The molecule has 7 aromatic carbocycles. The van der Waals surface area contributed by atoms with Gasteiger partial charge < -0.3 is 4.90 Å². The van der Waals surface area contributed by atoms with Crippen LogP contribution in [0.2, 0.25) is 0 Å². The van der Waals surface area contributed by atoms with Gasteiger partial charge in [0.15, 0.2) is 0 Å². The van der Waals surface area contributed by atoms with Crippen molar-refractivity contribution in [3.05, 3.63) is 170 Å². The molecule has 3 heteroatoms. The van der Waals surface area contributed by atoms with Gasteiger partial charge in [-0.3, -0.25) is 0 Å². The zero-order valence-corrected chi connectivity index (χ0v) is 25.8. The van der Waals surface area contributed by atoms with Crippen molar-refractivity contribution in [1.29, 1.82) is 0 Å². The van der Waals surface area contributed by atoms with E-state index in [4.69, 9.17) is 4.98 Å². The standard InChI is InChI=1S/C43H28N2S/c1-2-10-29(11-3-1)30-18-22-33(23-19-30)45(35-27-41-39-16-8-9-17-42(39)46-43(41)44-28-35)34-24-20-31(21-25-34)40-26-32-12-4-5-13-36(32)37-14-6-7-15-38(37)40/h1-28H. The molecule has 0 spiro atoms. The zero-order chi connectivity index (χ0) is 30.5. The molecule has 46 heavy (non-hydrogen) atoms. The fourth-order valence-corrected chi connectivity index (χ4v) is 7.71. The van der Waals surface area contributed by atoms with Gasteiger partial charge in [-0.2, -0.15) is 0 Å². The van der Waals surface area contributed by atoms with Crippen LogP contribution in [0.1, 0.15) is 0 Å². The van der Waals surface area contributed by atoms with E-state index in [1.54, 1.807) is 11.3 Å². The van der Waals surface area contributed by atoms with Crippen LogP contribution < -0.4 is 4.90 Å². The van der Waals surface area contributed by atoms with Gasteiger partial charge in [-0.25, -0.2) is 4.98 Å². The predicted molar refractivity (Wildman–Crippen MR) is 198 cm³/mol. The lowest BCUT2D eigenvalue weighted by molar-refractivity contribution is 1.26. The maximum absolute atomic E-state index is 4.96. The van der Waals surface area contributed by atoms with Gasteiger partial charge in [0.1, 0.15) is 4.83 Å². The lowest BCUT2D eigenvalue weighted by Crippen LogP contribution is -2.10. The molecule has 0 N–H and O–H groups in total. The number of benzene rings is 7. The van der Waals surface area contributed by atoms with Crippen molar-refractivity contribution in [2.75, 3.05) is 4.90 Å². The summed E-state index contributed by atoms with van der Waals surface area (Å²) in [5.41, 5.74) is 8.05. The average Bonchev–Trinajstić information content (AvgIpc) is 3.51. The van der Waals surface area contributed by atoms with E-state index in [1.807, 2.05) is 6.20 Å². The first-order valence-corrected chi connectivity index (χ1v) is 16.4. The maximum atomic E-state index is 4.96. The SMILES string of the molecule is c1ccc(-c2ccc(N(c3ccc(-c4cc5ccccc5c5ccccc45)cc3)c3cnc4sc5ccccc5c4c3)cc2)cc1. The largest absolute Gasteiger partial charge is 0.309 e. The molecule has 0 amide bonds. The van der Waals surface area contributed by atoms with Crippen molar-refractivity contribution >= 4 is 70.2 Å². The molecule has 0 saturated heterocycles. The Labute approximate surface area is 271 Å². The van der Waals surface area contributed by atoms with Crippen molar-refractivity contribution in [1.82, 2.24) is 4.98 Å². The number of hydrogen-bond acceptors (Lipinski definition) is 3. The van der Waals surface area contributed by atoms with Crippen LogP contribution in [-0.2, 0) is 0 Å². The van der Waals surface area contributed by atoms with E-state index in [0.29, 0.717) is 0 Å². The summed E-state index contributed by atoms with van der Waals surface area (Å²) in [5, 5.41) is 7.51. The number of rotatable bonds is 5. The van der Waals surface area contributed by atoms with Crippen LogP contribution in [0.5, 0.6) is 0 Å². The van der Waals surface area contributed by atoms with Crippen molar-refractivity contribution in [2.45, 2.75) is 0 Å². The smallest absolute Gasteiger partial charge is 0.124 e. The summed E-state index contributed by atoms with van der Waals surface area (Å²) in [4.78, 5) is 8.33. The van der Waals surface area contributed by atoms with Gasteiger partial charge >= 0.3 is 0 Å². The highest BCUT2D eigenvalue weighted by atomic mass is 32.1. The van der Waals surface area contributed by atoms with E-state index in [1.165, 1.54) is 59.3 Å². The van der Waals surface area contributed by atoms with Gasteiger partial charge in [0.25, 0.3) is 0 Å². The lowest BCUT2D eigenvalue weighted by Gasteiger charge is -2.26.